The first kappa shape index (κ1) is 12.6. The molecule has 0 saturated heterocycles. The summed E-state index contributed by atoms with van der Waals surface area (Å²) in [7, 11) is 4.20. The fourth-order valence-corrected chi connectivity index (χ4v) is 2.86. The maximum absolute atomic E-state index is 13.3. The highest BCUT2D eigenvalue weighted by Crippen LogP contribution is 2.25. The second kappa shape index (κ2) is 4.62. The van der Waals surface area contributed by atoms with Gasteiger partial charge in [-0.15, -0.1) is 0 Å². The molecular formula is C15H20FN3. The van der Waals surface area contributed by atoms with Crippen molar-refractivity contribution in [2.45, 2.75) is 26.2 Å². The molecule has 19 heavy (non-hydrogen) atoms. The van der Waals surface area contributed by atoms with Crippen molar-refractivity contribution in [3.63, 3.8) is 0 Å². The molecule has 3 rings (SSSR count). The molecule has 102 valence electrons. The number of aromatic nitrogens is 1. The largest absolute Gasteiger partial charge is 0.342 e. The summed E-state index contributed by atoms with van der Waals surface area (Å²) < 4.78 is 15.6. The molecule has 1 unspecified atom stereocenters. The van der Waals surface area contributed by atoms with Gasteiger partial charge in [-0.1, -0.05) is 0 Å². The lowest BCUT2D eigenvalue weighted by molar-refractivity contribution is 0.0697. The van der Waals surface area contributed by atoms with Gasteiger partial charge in [-0.2, -0.15) is 0 Å². The zero-order valence-corrected chi connectivity index (χ0v) is 11.7. The number of hydrogen-bond donors (Lipinski definition) is 0. The minimum absolute atomic E-state index is 0.158. The summed E-state index contributed by atoms with van der Waals surface area (Å²) in [5, 5.41) is 1.01. The third-order valence-corrected chi connectivity index (χ3v) is 4.20. The first-order chi connectivity index (χ1) is 9.06. The van der Waals surface area contributed by atoms with Crippen LogP contribution in [-0.4, -0.2) is 41.2 Å². The van der Waals surface area contributed by atoms with E-state index < -0.39 is 0 Å². The van der Waals surface area contributed by atoms with Crippen molar-refractivity contribution in [1.82, 2.24) is 14.4 Å². The number of benzene rings is 1. The molecule has 0 fully saturated rings. The number of fused-ring (bicyclic) bond motifs is 3. The van der Waals surface area contributed by atoms with Crippen molar-refractivity contribution in [3.05, 3.63) is 35.8 Å². The summed E-state index contributed by atoms with van der Waals surface area (Å²) in [5.74, 6) is -0.158. The monoisotopic (exact) mass is 261 g/mol. The molecule has 2 aromatic rings. The molecule has 3 nitrogen and oxygen atoms in total. The van der Waals surface area contributed by atoms with Gasteiger partial charge in [0.25, 0.3) is 0 Å². The molecule has 0 spiro atoms. The van der Waals surface area contributed by atoms with Crippen molar-refractivity contribution in [3.8, 4) is 0 Å². The van der Waals surface area contributed by atoms with Crippen molar-refractivity contribution in [2.24, 2.45) is 0 Å². The highest BCUT2D eigenvalue weighted by atomic mass is 19.1. The van der Waals surface area contributed by atoms with Crippen molar-refractivity contribution >= 4 is 10.9 Å². The summed E-state index contributed by atoms with van der Waals surface area (Å²) in [6.07, 6.45) is 0.420. The van der Waals surface area contributed by atoms with Crippen LogP contribution in [0.25, 0.3) is 10.9 Å². The number of rotatable bonds is 2. The van der Waals surface area contributed by atoms with Crippen LogP contribution in [0.2, 0.25) is 0 Å². The van der Waals surface area contributed by atoms with Gasteiger partial charge < -0.3 is 4.57 Å². The first-order valence-electron chi connectivity index (χ1n) is 6.74. The van der Waals surface area contributed by atoms with E-state index in [-0.39, 0.29) is 5.82 Å². The number of nitrogens with zero attached hydrogens (tertiary/aromatic N) is 3. The first-order valence-corrected chi connectivity index (χ1v) is 6.74. The molecule has 4 heteroatoms. The Morgan fingerprint density at radius 2 is 2.00 bits per heavy atom. The molecule has 1 atom stereocenters. The fraction of sp³-hybridized carbons (Fsp3) is 0.467. The molecule has 1 aliphatic rings. The minimum atomic E-state index is -0.158. The maximum atomic E-state index is 13.3. The lowest BCUT2D eigenvalue weighted by Gasteiger charge is -2.36. The fourth-order valence-electron chi connectivity index (χ4n) is 2.86. The smallest absolute Gasteiger partial charge is 0.123 e. The van der Waals surface area contributed by atoms with Crippen LogP contribution < -0.4 is 0 Å². The quantitative estimate of drug-likeness (QED) is 0.823. The van der Waals surface area contributed by atoms with E-state index in [1.165, 1.54) is 5.69 Å². The van der Waals surface area contributed by atoms with Crippen LogP contribution in [0, 0.1) is 5.82 Å². The molecule has 0 aliphatic carbocycles. The second-order valence-electron chi connectivity index (χ2n) is 5.56. The molecule has 0 radical (unpaired) electrons. The van der Waals surface area contributed by atoms with E-state index in [0.717, 1.165) is 30.5 Å². The van der Waals surface area contributed by atoms with Crippen LogP contribution in [-0.2, 0) is 13.1 Å². The zero-order valence-electron chi connectivity index (χ0n) is 11.7. The van der Waals surface area contributed by atoms with Crippen LogP contribution in [0.5, 0.6) is 0 Å². The Hall–Kier alpha value is -1.39. The summed E-state index contributed by atoms with van der Waals surface area (Å²) >= 11 is 0. The molecule has 0 bridgehead atoms. The predicted molar refractivity (Wildman–Crippen MR) is 75.5 cm³/mol. The summed E-state index contributed by atoms with van der Waals surface area (Å²) in [5.41, 5.74) is 2.43. The predicted octanol–water partition coefficient (Wildman–Crippen LogP) is 2.50. The Balaban J connectivity index is 1.95. The average Bonchev–Trinajstić information content (AvgIpc) is 2.73. The highest BCUT2D eigenvalue weighted by Gasteiger charge is 2.23. The van der Waals surface area contributed by atoms with E-state index in [1.807, 2.05) is 6.07 Å². The van der Waals surface area contributed by atoms with Gasteiger partial charge in [0.05, 0.1) is 6.17 Å². The van der Waals surface area contributed by atoms with Gasteiger partial charge in [0.1, 0.15) is 5.82 Å². The van der Waals surface area contributed by atoms with E-state index in [1.54, 1.807) is 12.1 Å². The van der Waals surface area contributed by atoms with Crippen molar-refractivity contribution in [1.29, 1.82) is 0 Å². The summed E-state index contributed by atoms with van der Waals surface area (Å²) in [6.45, 7) is 5.16. The lowest BCUT2D eigenvalue weighted by Crippen LogP contribution is -2.46. The van der Waals surface area contributed by atoms with Gasteiger partial charge in [-0.25, -0.2) is 4.39 Å². The van der Waals surface area contributed by atoms with E-state index >= 15 is 0 Å². The van der Waals surface area contributed by atoms with Crippen LogP contribution >= 0.6 is 0 Å². The van der Waals surface area contributed by atoms with Crippen molar-refractivity contribution < 1.29 is 4.39 Å². The van der Waals surface area contributed by atoms with Crippen LogP contribution in [0.1, 0.15) is 12.6 Å². The molecule has 1 aromatic carbocycles. The maximum Gasteiger partial charge on any atom is 0.123 e. The topological polar surface area (TPSA) is 11.4 Å². The van der Waals surface area contributed by atoms with E-state index in [2.05, 4.69) is 41.5 Å². The summed E-state index contributed by atoms with van der Waals surface area (Å²) in [6, 6.07) is 7.18. The Labute approximate surface area is 113 Å². The highest BCUT2D eigenvalue weighted by molar-refractivity contribution is 5.81. The van der Waals surface area contributed by atoms with Gasteiger partial charge in [-0.05, 0) is 45.3 Å². The van der Waals surface area contributed by atoms with Crippen molar-refractivity contribution in [2.75, 3.05) is 20.6 Å². The molecule has 2 heterocycles. The third-order valence-electron chi connectivity index (χ3n) is 4.20. The molecule has 0 N–H and O–H groups in total. The Morgan fingerprint density at radius 3 is 2.74 bits per heavy atom. The molecule has 0 amide bonds. The van der Waals surface area contributed by atoms with Crippen LogP contribution in [0.4, 0.5) is 4.39 Å². The van der Waals surface area contributed by atoms with Crippen LogP contribution in [0.3, 0.4) is 0 Å². The SMILES string of the molecule is CC(N(C)C)N1CCn2c(cc3cc(F)ccc32)C1. The van der Waals surface area contributed by atoms with E-state index in [4.69, 9.17) is 0 Å². The lowest BCUT2D eigenvalue weighted by atomic mass is 10.2. The zero-order chi connectivity index (χ0) is 13.6. The molecule has 0 saturated carbocycles. The van der Waals surface area contributed by atoms with E-state index in [9.17, 15) is 4.39 Å². The van der Waals surface area contributed by atoms with Gasteiger partial charge in [0, 0.05) is 36.2 Å². The normalized spacial score (nSPS) is 17.9. The summed E-state index contributed by atoms with van der Waals surface area (Å²) in [4.78, 5) is 4.67. The third kappa shape index (κ3) is 2.15. The van der Waals surface area contributed by atoms with Gasteiger partial charge >= 0.3 is 0 Å². The number of halogens is 1. The van der Waals surface area contributed by atoms with Crippen LogP contribution in [0.15, 0.2) is 24.3 Å². The number of hydrogen-bond acceptors (Lipinski definition) is 2. The Bertz CT molecular complexity index is 603. The van der Waals surface area contributed by atoms with Gasteiger partial charge in [-0.3, -0.25) is 9.80 Å². The molecule has 1 aliphatic heterocycles. The standard InChI is InChI=1S/C15H20FN3/c1-11(17(2)3)18-6-7-19-14(10-18)9-12-8-13(16)4-5-15(12)19/h4-5,8-9,11H,6-7,10H2,1-3H3. The second-order valence-corrected chi connectivity index (χ2v) is 5.56. The Morgan fingerprint density at radius 1 is 1.21 bits per heavy atom. The molecule has 1 aromatic heterocycles. The molecular weight excluding hydrogens is 241 g/mol. The minimum Gasteiger partial charge on any atom is -0.342 e. The van der Waals surface area contributed by atoms with Gasteiger partial charge in [0.2, 0.25) is 0 Å². The Kier molecular flexibility index (Phi) is 3.07. The average molecular weight is 261 g/mol. The van der Waals surface area contributed by atoms with E-state index in [0.29, 0.717) is 6.17 Å². The van der Waals surface area contributed by atoms with Gasteiger partial charge in [0.15, 0.2) is 0 Å².